The van der Waals surface area contributed by atoms with Crippen LogP contribution in [0.5, 0.6) is 0 Å². The molecule has 8 heteroatoms. The molecular formula is C28H28FN3O2S2. The van der Waals surface area contributed by atoms with Gasteiger partial charge in [0.25, 0.3) is 5.56 Å². The fourth-order valence-electron chi connectivity index (χ4n) is 5.05. The number of fused-ring (bicyclic) bond motifs is 3. The lowest BCUT2D eigenvalue weighted by atomic mass is 9.89. The Bertz CT molecular complexity index is 1550. The van der Waals surface area contributed by atoms with Gasteiger partial charge in [0.05, 0.1) is 11.1 Å². The van der Waals surface area contributed by atoms with Crippen LogP contribution in [0.3, 0.4) is 0 Å². The van der Waals surface area contributed by atoms with Crippen molar-refractivity contribution in [3.8, 4) is 5.69 Å². The summed E-state index contributed by atoms with van der Waals surface area (Å²) < 4.78 is 17.0. The predicted octanol–water partition coefficient (Wildman–Crippen LogP) is 6.29. The Morgan fingerprint density at radius 2 is 2.06 bits per heavy atom. The van der Waals surface area contributed by atoms with Crippen LogP contribution >= 0.6 is 23.1 Å². The highest BCUT2D eigenvalue weighted by molar-refractivity contribution is 7.99. The Morgan fingerprint density at radius 3 is 2.78 bits per heavy atom. The van der Waals surface area contributed by atoms with Crippen LogP contribution in [-0.4, -0.2) is 25.7 Å². The van der Waals surface area contributed by atoms with Gasteiger partial charge in [0.2, 0.25) is 0 Å². The predicted molar refractivity (Wildman–Crippen MR) is 146 cm³/mol. The Morgan fingerprint density at radius 1 is 1.31 bits per heavy atom. The minimum Gasteiger partial charge on any atom is -0.318 e. The molecule has 0 aliphatic heterocycles. The summed E-state index contributed by atoms with van der Waals surface area (Å²) in [6, 6.07) is 8.09. The van der Waals surface area contributed by atoms with Crippen molar-refractivity contribution in [1.29, 1.82) is 0 Å². The molecular weight excluding hydrogens is 493 g/mol. The molecule has 1 atom stereocenters. The first-order valence-corrected chi connectivity index (χ1v) is 13.9. The highest BCUT2D eigenvalue weighted by atomic mass is 32.2. The van der Waals surface area contributed by atoms with E-state index in [9.17, 15) is 14.0 Å². The van der Waals surface area contributed by atoms with Crippen molar-refractivity contribution in [1.82, 2.24) is 14.1 Å². The van der Waals surface area contributed by atoms with Gasteiger partial charge in [-0.2, -0.15) is 0 Å². The molecule has 0 fully saturated rings. The van der Waals surface area contributed by atoms with Gasteiger partial charge in [0.15, 0.2) is 10.9 Å². The molecule has 4 aromatic rings. The number of Topliss-reactive ketones (excluding diaryl/α,β-unsaturated/α-hetero) is 1. The van der Waals surface area contributed by atoms with Gasteiger partial charge >= 0.3 is 0 Å². The van der Waals surface area contributed by atoms with E-state index in [-0.39, 0.29) is 22.9 Å². The fourth-order valence-corrected chi connectivity index (χ4v) is 7.36. The van der Waals surface area contributed by atoms with Gasteiger partial charge in [-0.1, -0.05) is 24.8 Å². The molecule has 0 N–H and O–H groups in total. The fraction of sp³-hybridized carbons (Fsp3) is 0.321. The Hall–Kier alpha value is -2.97. The second kappa shape index (κ2) is 9.82. The molecule has 36 heavy (non-hydrogen) atoms. The number of halogens is 1. The second-order valence-corrected chi connectivity index (χ2v) is 11.5. The number of thioether (sulfide) groups is 1. The van der Waals surface area contributed by atoms with Crippen LogP contribution in [0.25, 0.3) is 15.9 Å². The van der Waals surface area contributed by atoms with Gasteiger partial charge in [0, 0.05) is 34.1 Å². The van der Waals surface area contributed by atoms with E-state index in [0.29, 0.717) is 23.2 Å². The molecule has 0 spiro atoms. The lowest BCUT2D eigenvalue weighted by Crippen LogP contribution is -2.24. The van der Waals surface area contributed by atoms with E-state index in [1.54, 1.807) is 34.1 Å². The van der Waals surface area contributed by atoms with Crippen molar-refractivity contribution in [3.05, 3.63) is 86.5 Å². The molecule has 1 aromatic carbocycles. The molecule has 186 valence electrons. The van der Waals surface area contributed by atoms with E-state index < -0.39 is 0 Å². The highest BCUT2D eigenvalue weighted by Gasteiger charge is 2.25. The van der Waals surface area contributed by atoms with Crippen molar-refractivity contribution in [3.63, 3.8) is 0 Å². The molecule has 3 heterocycles. The molecule has 3 aromatic heterocycles. The van der Waals surface area contributed by atoms with Gasteiger partial charge in [0.1, 0.15) is 10.6 Å². The van der Waals surface area contributed by atoms with Gasteiger partial charge in [-0.3, -0.25) is 14.2 Å². The number of aryl methyl sites for hydroxylation is 2. The summed E-state index contributed by atoms with van der Waals surface area (Å²) in [5.74, 6) is 0.428. The summed E-state index contributed by atoms with van der Waals surface area (Å²) in [4.78, 5) is 33.7. The standard InChI is InChI=1S/C28H28FN3O2S2/c1-5-12-31-27(34)25-21-11-6-16(2)13-24(21)36-26(25)30-28(31)35-15-23(33)22-14-17(3)32(18(22)4)20-9-7-19(29)8-10-20/h5,7-10,14,16H,1,6,11-13,15H2,2-4H3/t16-/m0/s1. The van der Waals surface area contributed by atoms with Gasteiger partial charge in [-0.25, -0.2) is 9.37 Å². The number of hydrogen-bond donors (Lipinski definition) is 0. The van der Waals surface area contributed by atoms with E-state index in [1.807, 2.05) is 24.5 Å². The van der Waals surface area contributed by atoms with Crippen LogP contribution in [0.4, 0.5) is 4.39 Å². The van der Waals surface area contributed by atoms with Crippen molar-refractivity contribution < 1.29 is 9.18 Å². The molecule has 1 aliphatic carbocycles. The zero-order valence-corrected chi connectivity index (χ0v) is 22.3. The number of benzene rings is 1. The molecule has 0 amide bonds. The number of carbonyl (C=O) groups is 1. The Kier molecular flexibility index (Phi) is 6.74. The van der Waals surface area contributed by atoms with Crippen LogP contribution < -0.4 is 5.56 Å². The van der Waals surface area contributed by atoms with Crippen LogP contribution in [0.1, 0.15) is 45.5 Å². The average molecular weight is 522 g/mol. The molecule has 5 nitrogen and oxygen atoms in total. The normalized spacial score (nSPS) is 15.3. The minimum absolute atomic E-state index is 0.0414. The molecule has 0 unspecified atom stereocenters. The first-order chi connectivity index (χ1) is 17.3. The number of carbonyl (C=O) groups excluding carboxylic acids is 1. The van der Waals surface area contributed by atoms with Gasteiger partial charge in [-0.15, -0.1) is 17.9 Å². The monoisotopic (exact) mass is 521 g/mol. The summed E-state index contributed by atoms with van der Waals surface area (Å²) in [5, 5.41) is 1.28. The summed E-state index contributed by atoms with van der Waals surface area (Å²) >= 11 is 2.91. The third-order valence-corrected chi connectivity index (χ3v) is 8.97. The lowest BCUT2D eigenvalue weighted by molar-refractivity contribution is 0.102. The van der Waals surface area contributed by atoms with Crippen LogP contribution in [0, 0.1) is 25.6 Å². The van der Waals surface area contributed by atoms with Crippen molar-refractivity contribution in [2.75, 3.05) is 5.75 Å². The maximum absolute atomic E-state index is 13.5. The molecule has 0 bridgehead atoms. The quantitative estimate of drug-likeness (QED) is 0.124. The van der Waals surface area contributed by atoms with Gasteiger partial charge in [-0.05, 0) is 74.9 Å². The largest absolute Gasteiger partial charge is 0.318 e. The first kappa shape index (κ1) is 24.7. The summed E-state index contributed by atoms with van der Waals surface area (Å²) in [5.41, 5.74) is 4.23. The SMILES string of the molecule is C=CCn1c(SCC(=O)c2cc(C)n(-c3ccc(F)cc3)c2C)nc2sc3c(c2c1=O)CC[C@H](C)C3. The lowest BCUT2D eigenvalue weighted by Gasteiger charge is -2.17. The molecule has 5 rings (SSSR count). The number of allylic oxidation sites excluding steroid dienone is 1. The van der Waals surface area contributed by atoms with E-state index in [4.69, 9.17) is 4.98 Å². The topological polar surface area (TPSA) is 56.9 Å². The van der Waals surface area contributed by atoms with Crippen LogP contribution in [-0.2, 0) is 19.4 Å². The number of thiophene rings is 1. The first-order valence-electron chi connectivity index (χ1n) is 12.0. The van der Waals surface area contributed by atoms with E-state index in [2.05, 4.69) is 13.5 Å². The highest BCUT2D eigenvalue weighted by Crippen LogP contribution is 2.36. The van der Waals surface area contributed by atoms with E-state index >= 15 is 0 Å². The molecule has 0 saturated carbocycles. The zero-order valence-electron chi connectivity index (χ0n) is 20.6. The Labute approximate surface area is 217 Å². The second-order valence-electron chi connectivity index (χ2n) is 9.44. The van der Waals surface area contributed by atoms with E-state index in [1.165, 1.54) is 28.8 Å². The van der Waals surface area contributed by atoms with Crippen LogP contribution in [0.2, 0.25) is 0 Å². The van der Waals surface area contributed by atoms with Gasteiger partial charge < -0.3 is 4.57 Å². The Balaban J connectivity index is 1.45. The molecule has 0 radical (unpaired) electrons. The van der Waals surface area contributed by atoms with Crippen LogP contribution in [0.15, 0.2) is 52.9 Å². The van der Waals surface area contributed by atoms with Crippen molar-refractivity contribution >= 4 is 39.1 Å². The molecule has 1 aliphatic rings. The smallest absolute Gasteiger partial charge is 0.263 e. The maximum atomic E-state index is 13.5. The number of nitrogens with zero attached hydrogens (tertiary/aromatic N) is 3. The summed E-state index contributed by atoms with van der Waals surface area (Å²) in [6.07, 6.45) is 4.68. The summed E-state index contributed by atoms with van der Waals surface area (Å²) in [7, 11) is 0. The number of ketones is 1. The average Bonchev–Trinajstić information content (AvgIpc) is 3.36. The third kappa shape index (κ3) is 4.37. The third-order valence-electron chi connectivity index (χ3n) is 6.84. The number of rotatable bonds is 7. The number of aromatic nitrogens is 3. The minimum atomic E-state index is -0.301. The summed E-state index contributed by atoms with van der Waals surface area (Å²) in [6.45, 7) is 10.2. The van der Waals surface area contributed by atoms with Crippen molar-refractivity contribution in [2.24, 2.45) is 5.92 Å². The van der Waals surface area contributed by atoms with Crippen molar-refractivity contribution in [2.45, 2.75) is 51.7 Å². The molecule has 0 saturated heterocycles. The van der Waals surface area contributed by atoms with E-state index in [0.717, 1.165) is 52.1 Å². The zero-order chi connectivity index (χ0) is 25.6. The maximum Gasteiger partial charge on any atom is 0.263 e. The number of hydrogen-bond acceptors (Lipinski definition) is 5.